The molecule has 6 fully saturated rings. The van der Waals surface area contributed by atoms with Crippen LogP contribution in [0.1, 0.15) is 351 Å². The van der Waals surface area contributed by atoms with E-state index in [1.165, 1.54) is 271 Å². The largest absolute Gasteiger partial charge is 0.469 e. The van der Waals surface area contributed by atoms with Crippen LogP contribution in [0.25, 0.3) is 0 Å². The van der Waals surface area contributed by atoms with Crippen molar-refractivity contribution >= 4 is 23.9 Å². The number of carbonyl (C=O) groups is 4. The van der Waals surface area contributed by atoms with Crippen LogP contribution < -0.4 is 0 Å². The van der Waals surface area contributed by atoms with Gasteiger partial charge in [0.25, 0.3) is 0 Å². The molecule has 0 radical (unpaired) electrons. The normalized spacial score (nSPS) is 29.9. The van der Waals surface area contributed by atoms with Crippen LogP contribution in [0.4, 0.5) is 0 Å². The molecule has 0 N–H and O–H groups in total. The maximum atomic E-state index is 12.0. The summed E-state index contributed by atoms with van der Waals surface area (Å²) in [7, 11) is 4.57. The summed E-state index contributed by atoms with van der Waals surface area (Å²) in [5.41, 5.74) is 0. The van der Waals surface area contributed by atoms with Crippen molar-refractivity contribution in [3.8, 4) is 0 Å². The van der Waals surface area contributed by atoms with Crippen LogP contribution >= 0.6 is 0 Å². The zero-order chi connectivity index (χ0) is 66.4. The van der Waals surface area contributed by atoms with Crippen molar-refractivity contribution in [1.29, 1.82) is 0 Å². The first kappa shape index (κ1) is 78.9. The predicted molar refractivity (Wildman–Crippen MR) is 383 cm³/mol. The average Bonchev–Trinajstić information content (AvgIpc) is 1.84. The highest BCUT2D eigenvalue weighted by Crippen LogP contribution is 2.50. The summed E-state index contributed by atoms with van der Waals surface area (Å²) in [5.74, 6) is 17.2. The van der Waals surface area contributed by atoms with E-state index >= 15 is 0 Å². The monoisotopic (exact) mass is 1290 g/mol. The Morgan fingerprint density at radius 2 is 0.663 bits per heavy atom. The van der Waals surface area contributed by atoms with Crippen molar-refractivity contribution in [3.63, 3.8) is 0 Å². The van der Waals surface area contributed by atoms with Crippen molar-refractivity contribution in [2.75, 3.05) is 27.9 Å². The summed E-state index contributed by atoms with van der Waals surface area (Å²) >= 11 is 0. The second-order valence-electron chi connectivity index (χ2n) is 34.9. The lowest BCUT2D eigenvalue weighted by molar-refractivity contribution is -0.143. The number of carbonyl (C=O) groups excluding carboxylic acids is 4. The quantitative estimate of drug-likeness (QED) is 0.0438. The summed E-state index contributed by atoms with van der Waals surface area (Å²) in [4.78, 5) is 47.3. The van der Waals surface area contributed by atoms with Crippen molar-refractivity contribution < 1.29 is 38.1 Å². The molecule has 6 aliphatic rings. The van der Waals surface area contributed by atoms with E-state index in [9.17, 15) is 19.2 Å². The van der Waals surface area contributed by atoms with E-state index in [0.717, 1.165) is 119 Å². The summed E-state index contributed by atoms with van der Waals surface area (Å²) in [6.45, 7) is 22.2. The third kappa shape index (κ3) is 29.5. The molecule has 0 aliphatic heterocycles. The second kappa shape index (κ2) is 43.3. The first-order chi connectivity index (χ1) is 44.3. The Morgan fingerprint density at radius 3 is 1.09 bits per heavy atom. The van der Waals surface area contributed by atoms with Crippen molar-refractivity contribution in [2.45, 2.75) is 351 Å². The third-order valence-electron chi connectivity index (χ3n) is 27.6. The molecule has 0 heterocycles. The van der Waals surface area contributed by atoms with Gasteiger partial charge in [0.1, 0.15) is 0 Å². The molecule has 0 aromatic rings. The summed E-state index contributed by atoms with van der Waals surface area (Å²) in [6, 6.07) is 0. The highest BCUT2D eigenvalue weighted by Gasteiger charge is 2.40. The van der Waals surface area contributed by atoms with Gasteiger partial charge in [0.05, 0.1) is 27.9 Å². The molecule has 0 aromatic carbocycles. The zero-order valence-electron chi connectivity index (χ0n) is 62.5. The molecule has 534 valence electrons. The minimum absolute atomic E-state index is 0.0158. The van der Waals surface area contributed by atoms with E-state index in [4.69, 9.17) is 18.9 Å². The molecule has 22 atom stereocenters. The summed E-state index contributed by atoms with van der Waals surface area (Å²) in [5, 5.41) is 0. The first-order valence-electron chi connectivity index (χ1n) is 40.6. The lowest BCUT2D eigenvalue weighted by Crippen LogP contribution is -2.14. The molecule has 8 nitrogen and oxygen atoms in total. The number of hydrogen-bond acceptors (Lipinski definition) is 8. The average molecular weight is 1290 g/mol. The standard InChI is InChI=1S/C84H150O8/c1-59(19-13-23-63(5)74-41-37-70(51-74)29-15-21-61(3)49-82(86)89-10)31-33-68(27-17-25-64(6)75-42-38-71(52-75)30-16-22-62(4)50-83(87)90-11)35-36-69(28-18-26-66(8)77-46-48-81(57-77)79-44-40-73(54-79)58-92-67(9)85)34-32-60(2)20-14-24-65(7)76-45-47-80(56-76)78-43-39-72(53-78)55-84(88)91-12/h59-66,68-81H,13-58H2,1-12H3/t59-,60-,61+,62+,63+,64+,65+,66+,68-,69-,70-,71-,72-,73-,74-,75-,76-,77-,78?,79?,80-,81-/m0/s1. The summed E-state index contributed by atoms with van der Waals surface area (Å²) in [6.07, 6.45) is 59.4. The van der Waals surface area contributed by atoms with Crippen LogP contribution in [-0.2, 0) is 38.1 Å². The third-order valence-corrected chi connectivity index (χ3v) is 27.6. The lowest BCUT2D eigenvalue weighted by Gasteiger charge is -2.26. The number of hydrogen-bond donors (Lipinski definition) is 0. The van der Waals surface area contributed by atoms with Crippen molar-refractivity contribution in [1.82, 2.24) is 0 Å². The lowest BCUT2D eigenvalue weighted by atomic mass is 9.79. The molecule has 0 aromatic heterocycles. The molecule has 6 rings (SSSR count). The van der Waals surface area contributed by atoms with Gasteiger partial charge in [0.2, 0.25) is 0 Å². The zero-order valence-corrected chi connectivity index (χ0v) is 62.5. The number of ether oxygens (including phenoxy) is 4. The van der Waals surface area contributed by atoms with Crippen molar-refractivity contribution in [2.24, 2.45) is 130 Å². The van der Waals surface area contributed by atoms with Crippen LogP contribution in [0.5, 0.6) is 0 Å². The maximum absolute atomic E-state index is 12.0. The van der Waals surface area contributed by atoms with Gasteiger partial charge in [0.15, 0.2) is 0 Å². The molecule has 0 amide bonds. The van der Waals surface area contributed by atoms with Gasteiger partial charge in [0, 0.05) is 26.2 Å². The fourth-order valence-electron chi connectivity index (χ4n) is 20.8. The van der Waals surface area contributed by atoms with Gasteiger partial charge in [-0.25, -0.2) is 0 Å². The van der Waals surface area contributed by atoms with E-state index in [1.807, 2.05) is 0 Å². The first-order valence-corrected chi connectivity index (χ1v) is 40.6. The van der Waals surface area contributed by atoms with E-state index in [-0.39, 0.29) is 23.9 Å². The van der Waals surface area contributed by atoms with Crippen LogP contribution in [0.3, 0.4) is 0 Å². The Labute approximate surface area is 568 Å². The molecular weight excluding hydrogens is 1140 g/mol. The van der Waals surface area contributed by atoms with E-state index in [1.54, 1.807) is 14.0 Å². The van der Waals surface area contributed by atoms with Crippen LogP contribution in [0.15, 0.2) is 0 Å². The maximum Gasteiger partial charge on any atom is 0.305 e. The molecule has 0 saturated heterocycles. The van der Waals surface area contributed by atoms with Gasteiger partial charge >= 0.3 is 23.9 Å². The molecule has 0 bridgehead atoms. The molecule has 8 heteroatoms. The summed E-state index contributed by atoms with van der Waals surface area (Å²) < 4.78 is 20.4. The van der Waals surface area contributed by atoms with Gasteiger partial charge in [-0.1, -0.05) is 222 Å². The highest BCUT2D eigenvalue weighted by atomic mass is 16.5. The molecule has 6 saturated carbocycles. The molecule has 2 unspecified atom stereocenters. The molecule has 0 spiro atoms. The van der Waals surface area contributed by atoms with Gasteiger partial charge in [-0.2, -0.15) is 0 Å². The number of methoxy groups -OCH3 is 3. The second-order valence-corrected chi connectivity index (χ2v) is 34.9. The molecule has 92 heavy (non-hydrogen) atoms. The molecular formula is C84H150O8. The van der Waals surface area contributed by atoms with E-state index < -0.39 is 0 Å². The smallest absolute Gasteiger partial charge is 0.305 e. The van der Waals surface area contributed by atoms with Gasteiger partial charge in [-0.05, 0) is 233 Å². The Hall–Kier alpha value is -2.12. The Morgan fingerprint density at radius 1 is 0.326 bits per heavy atom. The number of rotatable bonds is 47. The van der Waals surface area contributed by atoms with E-state index in [2.05, 4.69) is 55.4 Å². The Kier molecular flexibility index (Phi) is 37.1. The van der Waals surface area contributed by atoms with Gasteiger partial charge < -0.3 is 18.9 Å². The van der Waals surface area contributed by atoms with Gasteiger partial charge in [-0.3, -0.25) is 19.2 Å². The Bertz CT molecular complexity index is 2020. The van der Waals surface area contributed by atoms with Crippen LogP contribution in [0, 0.1) is 130 Å². The fourth-order valence-corrected chi connectivity index (χ4v) is 20.8. The number of esters is 4. The van der Waals surface area contributed by atoms with Gasteiger partial charge in [-0.15, -0.1) is 0 Å². The minimum Gasteiger partial charge on any atom is -0.469 e. The molecule has 6 aliphatic carbocycles. The van der Waals surface area contributed by atoms with E-state index in [0.29, 0.717) is 49.5 Å². The predicted octanol–water partition coefficient (Wildman–Crippen LogP) is 23.4. The highest BCUT2D eigenvalue weighted by molar-refractivity contribution is 5.70. The SMILES string of the molecule is COC(=O)C[C@H](C)CCC[C@H]1CC[C@H]([C@H](C)CCC[C@H](C)CC[C@H](CCC[C@@H](C)[C@H]2CC[C@H](CCC[C@@H](C)CC(=O)OC)C2)CC[C@@H](CCC[C@@H](C)[C@H]2CC[C@H](C3CC[C@H](COC(C)=O)C3)C2)CC[C@@H](C)CCC[C@@H](C)[C@H]2CC[C@H](C3CC[C@H](CC(=O)OC)C3)C2)C1. The van der Waals surface area contributed by atoms with Crippen LogP contribution in [0.2, 0.25) is 0 Å². The Balaban J connectivity index is 1.00. The minimum atomic E-state index is -0.121. The van der Waals surface area contributed by atoms with Crippen LogP contribution in [-0.4, -0.2) is 51.8 Å². The fraction of sp³-hybridized carbons (Fsp3) is 0.952. The topological polar surface area (TPSA) is 105 Å². The van der Waals surface area contributed by atoms with Crippen molar-refractivity contribution in [3.05, 3.63) is 0 Å².